The molecule has 0 radical (unpaired) electrons. The van der Waals surface area contributed by atoms with Crippen LogP contribution in [0.1, 0.15) is 55.1 Å². The lowest BCUT2D eigenvalue weighted by molar-refractivity contribution is -0.148. The highest BCUT2D eigenvalue weighted by molar-refractivity contribution is 6.36. The van der Waals surface area contributed by atoms with E-state index in [2.05, 4.69) is 27.1 Å². The minimum Gasteiger partial charge on any atom is -0.390 e. The van der Waals surface area contributed by atoms with Crippen LogP contribution in [0.2, 0.25) is 0 Å². The molecule has 7 rings (SSSR count). The Kier molecular flexibility index (Phi) is 5.15. The number of carbonyl (C=O) groups excluding carboxylic acids is 2. The van der Waals surface area contributed by atoms with Gasteiger partial charge in [0.25, 0.3) is 5.91 Å². The van der Waals surface area contributed by atoms with Gasteiger partial charge in [-0.1, -0.05) is 12.2 Å². The van der Waals surface area contributed by atoms with Crippen LogP contribution < -0.4 is 5.32 Å². The smallest absolute Gasteiger partial charge is 0.287 e. The van der Waals surface area contributed by atoms with Crippen LogP contribution in [-0.2, 0) is 22.4 Å². The molecule has 2 heterocycles. The highest BCUT2D eigenvalue weighted by Crippen LogP contribution is 2.60. The van der Waals surface area contributed by atoms with E-state index in [1.54, 1.807) is 0 Å². The van der Waals surface area contributed by atoms with Gasteiger partial charge in [-0.15, -0.1) is 0 Å². The van der Waals surface area contributed by atoms with E-state index in [1.807, 2.05) is 25.2 Å². The lowest BCUT2D eigenvalue weighted by Crippen LogP contribution is -2.55. The van der Waals surface area contributed by atoms with Gasteiger partial charge in [0.1, 0.15) is 0 Å². The molecule has 0 saturated heterocycles. The molecule has 8 heteroatoms. The fourth-order valence-electron chi connectivity index (χ4n) is 7.30. The Balaban J connectivity index is 1.35. The number of pyridine rings is 1. The van der Waals surface area contributed by atoms with Gasteiger partial charge in [0.15, 0.2) is 0 Å². The van der Waals surface area contributed by atoms with Crippen molar-refractivity contribution in [2.24, 2.45) is 17.8 Å². The minimum absolute atomic E-state index is 0.0317. The number of aromatic nitrogens is 3. The average Bonchev–Trinajstić information content (AvgIpc) is 3.36. The Morgan fingerprint density at radius 2 is 2.00 bits per heavy atom. The van der Waals surface area contributed by atoms with Crippen molar-refractivity contribution >= 4 is 28.7 Å². The van der Waals surface area contributed by atoms with Crippen molar-refractivity contribution in [2.75, 3.05) is 27.2 Å². The number of allylic oxidation sites excluding steroid dienone is 1. The molecule has 1 amide bonds. The zero-order chi connectivity index (χ0) is 23.6. The summed E-state index contributed by atoms with van der Waals surface area (Å²) in [5.41, 5.74) is 3.29. The third-order valence-corrected chi connectivity index (χ3v) is 8.43. The number of Topliss-reactive ketones (excluding diaryl/α,β-unsaturated/α-hetero) is 1. The molecular formula is C26H33N5O3. The number of nitrogens with one attached hydrogen (secondary N) is 1. The van der Waals surface area contributed by atoms with Crippen LogP contribution in [0.4, 0.5) is 0 Å². The van der Waals surface area contributed by atoms with Gasteiger partial charge >= 0.3 is 0 Å². The van der Waals surface area contributed by atoms with E-state index in [1.165, 1.54) is 0 Å². The topological polar surface area (TPSA) is 100 Å². The van der Waals surface area contributed by atoms with Gasteiger partial charge in [-0.3, -0.25) is 19.3 Å². The van der Waals surface area contributed by atoms with Crippen LogP contribution in [0, 0.1) is 17.8 Å². The number of aliphatic hydroxyl groups is 1. The van der Waals surface area contributed by atoms with Crippen LogP contribution >= 0.6 is 0 Å². The minimum atomic E-state index is -0.560. The fourth-order valence-corrected chi connectivity index (χ4v) is 7.30. The first-order chi connectivity index (χ1) is 16.3. The summed E-state index contributed by atoms with van der Waals surface area (Å²) in [7, 11) is 3.85. The quantitative estimate of drug-likeness (QED) is 0.609. The second kappa shape index (κ2) is 7.99. The van der Waals surface area contributed by atoms with E-state index >= 15 is 0 Å². The normalized spacial score (nSPS) is 30.9. The second-order valence-corrected chi connectivity index (χ2v) is 11.2. The lowest BCUT2D eigenvalue weighted by Gasteiger charge is -2.58. The third-order valence-electron chi connectivity index (χ3n) is 8.43. The van der Waals surface area contributed by atoms with Crippen molar-refractivity contribution < 1.29 is 14.7 Å². The van der Waals surface area contributed by atoms with E-state index < -0.39 is 17.3 Å². The molecule has 8 nitrogen and oxygen atoms in total. The number of rotatable bonds is 7. The predicted molar refractivity (Wildman–Crippen MR) is 128 cm³/mol. The molecule has 4 fully saturated rings. The molecule has 180 valence electrons. The molecule has 5 aliphatic carbocycles. The molecule has 0 spiro atoms. The van der Waals surface area contributed by atoms with Crippen LogP contribution in [-0.4, -0.2) is 69.2 Å². The van der Waals surface area contributed by atoms with E-state index in [4.69, 9.17) is 5.10 Å². The number of likely N-dealkylation sites (N-methyl/N-ethyl adjacent to an activating group) is 1. The summed E-state index contributed by atoms with van der Waals surface area (Å²) >= 11 is 0. The van der Waals surface area contributed by atoms with Crippen molar-refractivity contribution in [3.63, 3.8) is 0 Å². The first kappa shape index (κ1) is 21.9. The monoisotopic (exact) mass is 463 g/mol. The largest absolute Gasteiger partial charge is 0.390 e. The number of amides is 1. The molecule has 0 aromatic carbocycles. The molecule has 4 saturated carbocycles. The van der Waals surface area contributed by atoms with Crippen molar-refractivity contribution in [3.05, 3.63) is 29.2 Å². The molecule has 2 N–H and O–H groups in total. The van der Waals surface area contributed by atoms with Gasteiger partial charge in [-0.25, -0.2) is 0 Å². The lowest BCUT2D eigenvalue weighted by atomic mass is 9.52. The maximum absolute atomic E-state index is 12.8. The average molecular weight is 464 g/mol. The van der Waals surface area contributed by atoms with E-state index in [9.17, 15) is 14.7 Å². The van der Waals surface area contributed by atoms with Crippen LogP contribution in [0.15, 0.2) is 12.3 Å². The van der Waals surface area contributed by atoms with E-state index in [0.717, 1.165) is 60.7 Å². The maximum atomic E-state index is 12.8. The first-order valence-corrected chi connectivity index (χ1v) is 12.5. The Morgan fingerprint density at radius 3 is 2.71 bits per heavy atom. The number of hydrogen-bond acceptors (Lipinski definition) is 6. The second-order valence-electron chi connectivity index (χ2n) is 11.2. The Labute approximate surface area is 199 Å². The Bertz CT molecular complexity index is 1180. The van der Waals surface area contributed by atoms with Gasteiger partial charge in [0.2, 0.25) is 5.78 Å². The zero-order valence-corrected chi connectivity index (χ0v) is 20.0. The van der Waals surface area contributed by atoms with Crippen LogP contribution in [0.5, 0.6) is 0 Å². The van der Waals surface area contributed by atoms with E-state index in [0.29, 0.717) is 36.5 Å². The van der Waals surface area contributed by atoms with Gasteiger partial charge in [0, 0.05) is 36.7 Å². The molecular weight excluding hydrogens is 430 g/mol. The third kappa shape index (κ3) is 3.58. The fraction of sp³-hybridized carbons (Fsp3) is 0.615. The molecule has 0 aliphatic heterocycles. The van der Waals surface area contributed by atoms with Gasteiger partial charge in [-0.2, -0.15) is 5.10 Å². The van der Waals surface area contributed by atoms with Crippen LogP contribution in [0.3, 0.4) is 0 Å². The summed E-state index contributed by atoms with van der Waals surface area (Å²) in [6, 6.07) is 0.220. The van der Waals surface area contributed by atoms with E-state index in [-0.39, 0.29) is 12.5 Å². The number of fused-ring (bicyclic) bond motifs is 3. The molecule has 2 aromatic rings. The molecule has 2 aromatic heterocycles. The molecule has 5 aliphatic rings. The SMILES string of the molecule is CN(C)CCNC(=O)C(=O)Cc1nn(C2[C@@H]3CC4C[C@H]2CC(O)(C4)C3)c2c3c(ncc12)CC=C3. The van der Waals surface area contributed by atoms with Gasteiger partial charge in [-0.05, 0) is 64.0 Å². The predicted octanol–water partition coefficient (Wildman–Crippen LogP) is 1.90. The molecule has 3 unspecified atom stereocenters. The van der Waals surface area contributed by atoms with Crippen molar-refractivity contribution in [1.82, 2.24) is 25.0 Å². The zero-order valence-electron chi connectivity index (χ0n) is 20.0. The standard InChI is InChI=1S/C26H33N5O3/c1-30(2)7-6-27-25(33)22(32)10-21-19-14-28-20-5-3-4-18(20)24(19)31(29-21)23-16-8-15-9-17(23)13-26(34,11-15)12-16/h3-4,14-17,23,34H,5-13H2,1-2H3,(H,27,33)/t15?,16-,17+,23?,26?. The van der Waals surface area contributed by atoms with Crippen molar-refractivity contribution in [3.8, 4) is 0 Å². The summed E-state index contributed by atoms with van der Waals surface area (Å²) < 4.78 is 2.16. The first-order valence-electron chi connectivity index (χ1n) is 12.5. The van der Waals surface area contributed by atoms with Gasteiger partial charge in [0.05, 0.1) is 35.0 Å². The number of hydrogen-bond donors (Lipinski definition) is 2. The summed E-state index contributed by atoms with van der Waals surface area (Å²) in [6.07, 6.45) is 11.7. The van der Waals surface area contributed by atoms with Crippen LogP contribution in [0.25, 0.3) is 17.0 Å². The highest BCUT2D eigenvalue weighted by Gasteiger charge is 2.56. The maximum Gasteiger partial charge on any atom is 0.287 e. The molecule has 4 bridgehead atoms. The number of ketones is 1. The molecule has 34 heavy (non-hydrogen) atoms. The van der Waals surface area contributed by atoms with Crippen molar-refractivity contribution in [2.45, 2.75) is 56.6 Å². The highest BCUT2D eigenvalue weighted by atomic mass is 16.3. The molecule has 5 atom stereocenters. The Hall–Kier alpha value is -2.58. The van der Waals surface area contributed by atoms with Crippen molar-refractivity contribution in [1.29, 1.82) is 0 Å². The summed E-state index contributed by atoms with van der Waals surface area (Å²) in [5.74, 6) is 0.369. The summed E-state index contributed by atoms with van der Waals surface area (Å²) in [5, 5.41) is 19.7. The number of nitrogens with zero attached hydrogens (tertiary/aromatic N) is 4. The number of carbonyl (C=O) groups is 2. The Morgan fingerprint density at radius 1 is 1.24 bits per heavy atom. The summed E-state index contributed by atoms with van der Waals surface area (Å²) in [4.78, 5) is 31.8. The van der Waals surface area contributed by atoms with Gasteiger partial charge < -0.3 is 15.3 Å². The summed E-state index contributed by atoms with van der Waals surface area (Å²) in [6.45, 7) is 1.11.